The SMILES string of the molecule is C1CCOC1.C1CN1.C1CNC1.CC1CO1. The fourth-order valence-electron chi connectivity index (χ4n) is 0.783. The molecular weight excluding hydrogens is 204 g/mol. The quantitative estimate of drug-likeness (QED) is 0.604. The zero-order valence-corrected chi connectivity index (χ0v) is 10.5. The van der Waals surface area contributed by atoms with Gasteiger partial charge in [0.15, 0.2) is 0 Å². The predicted molar refractivity (Wildman–Crippen MR) is 65.8 cm³/mol. The van der Waals surface area contributed by atoms with Crippen molar-refractivity contribution < 1.29 is 9.47 Å². The summed E-state index contributed by atoms with van der Waals surface area (Å²) in [5, 5.41) is 6.11. The smallest absolute Gasteiger partial charge is 0.0781 e. The number of rotatable bonds is 0. The van der Waals surface area contributed by atoms with Gasteiger partial charge in [-0.3, -0.25) is 0 Å². The van der Waals surface area contributed by atoms with Gasteiger partial charge in [0.25, 0.3) is 0 Å². The zero-order valence-electron chi connectivity index (χ0n) is 10.5. The Bertz CT molecular complexity index is 128. The summed E-state index contributed by atoms with van der Waals surface area (Å²) >= 11 is 0. The minimum Gasteiger partial charge on any atom is -0.381 e. The molecule has 4 aliphatic heterocycles. The lowest BCUT2D eigenvalue weighted by molar-refractivity contribution is 0.198. The summed E-state index contributed by atoms with van der Waals surface area (Å²) in [6.45, 7) is 10.0. The van der Waals surface area contributed by atoms with Crippen LogP contribution in [0.2, 0.25) is 0 Å². The molecule has 0 aromatic rings. The maximum Gasteiger partial charge on any atom is 0.0781 e. The normalized spacial score (nSPS) is 27.9. The molecule has 4 saturated heterocycles. The molecule has 0 radical (unpaired) electrons. The molecule has 1 unspecified atom stereocenters. The molecule has 4 rings (SSSR count). The lowest BCUT2D eigenvalue weighted by Crippen LogP contribution is -2.29. The third-order valence-corrected chi connectivity index (χ3v) is 2.28. The summed E-state index contributed by atoms with van der Waals surface area (Å²) in [4.78, 5) is 0. The highest BCUT2D eigenvalue weighted by Crippen LogP contribution is 2.04. The van der Waals surface area contributed by atoms with Gasteiger partial charge in [0.05, 0.1) is 12.7 Å². The molecule has 0 aromatic carbocycles. The largest absolute Gasteiger partial charge is 0.381 e. The number of hydrogen-bond donors (Lipinski definition) is 2. The summed E-state index contributed by atoms with van der Waals surface area (Å²) < 4.78 is 9.65. The summed E-state index contributed by atoms with van der Waals surface area (Å²) in [5.74, 6) is 0. The highest BCUT2D eigenvalue weighted by atomic mass is 16.6. The maximum absolute atomic E-state index is 4.94. The second kappa shape index (κ2) is 10.0. The van der Waals surface area contributed by atoms with Crippen LogP contribution in [0, 0.1) is 0 Å². The maximum atomic E-state index is 4.94. The van der Waals surface area contributed by atoms with Crippen LogP contribution in [0.4, 0.5) is 0 Å². The Hall–Kier alpha value is -0.160. The van der Waals surface area contributed by atoms with E-state index in [2.05, 4.69) is 17.6 Å². The van der Waals surface area contributed by atoms with Crippen LogP contribution in [0.3, 0.4) is 0 Å². The number of hydrogen-bond acceptors (Lipinski definition) is 4. The van der Waals surface area contributed by atoms with E-state index in [1.165, 1.54) is 45.4 Å². The van der Waals surface area contributed by atoms with Crippen LogP contribution < -0.4 is 10.6 Å². The molecule has 96 valence electrons. The van der Waals surface area contributed by atoms with Crippen LogP contribution >= 0.6 is 0 Å². The Morgan fingerprint density at radius 1 is 0.875 bits per heavy atom. The van der Waals surface area contributed by atoms with Crippen molar-refractivity contribution in [2.24, 2.45) is 0 Å². The Morgan fingerprint density at radius 2 is 1.25 bits per heavy atom. The van der Waals surface area contributed by atoms with Gasteiger partial charge < -0.3 is 20.1 Å². The van der Waals surface area contributed by atoms with Crippen molar-refractivity contribution >= 4 is 0 Å². The molecule has 0 spiro atoms. The molecule has 0 amide bonds. The average Bonchev–Trinajstić information content (AvgIpc) is 3.12. The molecule has 16 heavy (non-hydrogen) atoms. The highest BCUT2D eigenvalue weighted by Gasteiger charge is 2.13. The fourth-order valence-corrected chi connectivity index (χ4v) is 0.783. The summed E-state index contributed by atoms with van der Waals surface area (Å²) in [7, 11) is 0. The molecule has 0 aliphatic carbocycles. The molecule has 0 saturated carbocycles. The lowest BCUT2D eigenvalue weighted by atomic mass is 10.3. The van der Waals surface area contributed by atoms with Crippen molar-refractivity contribution in [1.29, 1.82) is 0 Å². The van der Waals surface area contributed by atoms with Crippen molar-refractivity contribution in [3.8, 4) is 0 Å². The van der Waals surface area contributed by atoms with Crippen molar-refractivity contribution in [3.05, 3.63) is 0 Å². The second-order valence-electron chi connectivity index (χ2n) is 4.32. The molecule has 0 bridgehead atoms. The van der Waals surface area contributed by atoms with E-state index in [1.807, 2.05) is 0 Å². The second-order valence-corrected chi connectivity index (χ2v) is 4.32. The van der Waals surface area contributed by atoms with Gasteiger partial charge in [-0.2, -0.15) is 0 Å². The highest BCUT2D eigenvalue weighted by molar-refractivity contribution is 4.59. The number of epoxide rings is 1. The Morgan fingerprint density at radius 3 is 1.31 bits per heavy atom. The van der Waals surface area contributed by atoms with Gasteiger partial charge in [0, 0.05) is 26.3 Å². The Labute approximate surface area is 99.1 Å². The van der Waals surface area contributed by atoms with E-state index in [4.69, 9.17) is 9.47 Å². The van der Waals surface area contributed by atoms with Crippen LogP contribution in [-0.2, 0) is 9.47 Å². The number of ether oxygens (including phenoxy) is 2. The van der Waals surface area contributed by atoms with Crippen LogP contribution in [0.1, 0.15) is 26.2 Å². The average molecular weight is 230 g/mol. The molecule has 1 atom stereocenters. The fraction of sp³-hybridized carbons (Fsp3) is 1.00. The van der Waals surface area contributed by atoms with Crippen LogP contribution in [0.25, 0.3) is 0 Å². The molecule has 4 aliphatic rings. The van der Waals surface area contributed by atoms with Gasteiger partial charge in [0.1, 0.15) is 0 Å². The van der Waals surface area contributed by atoms with Gasteiger partial charge in [-0.25, -0.2) is 0 Å². The molecule has 4 heteroatoms. The lowest BCUT2D eigenvalue weighted by Gasteiger charge is -2.09. The first kappa shape index (κ1) is 13.9. The molecule has 2 N–H and O–H groups in total. The van der Waals surface area contributed by atoms with Gasteiger partial charge >= 0.3 is 0 Å². The summed E-state index contributed by atoms with van der Waals surface area (Å²) in [5.41, 5.74) is 0. The monoisotopic (exact) mass is 230 g/mol. The zero-order chi connectivity index (χ0) is 11.5. The summed E-state index contributed by atoms with van der Waals surface area (Å²) in [6, 6.07) is 0. The van der Waals surface area contributed by atoms with Crippen molar-refractivity contribution in [1.82, 2.24) is 10.6 Å². The van der Waals surface area contributed by atoms with Crippen LogP contribution in [0.5, 0.6) is 0 Å². The van der Waals surface area contributed by atoms with Gasteiger partial charge in [-0.15, -0.1) is 0 Å². The summed E-state index contributed by atoms with van der Waals surface area (Å²) in [6.07, 6.45) is 4.53. The molecule has 4 fully saturated rings. The standard InChI is InChI=1S/C4H8O.C3H7N.C3H6O.C2H5N/c1-2-4-5-3-1;1-2-4-3-1;1-3-2-4-3;1-2-3-1/h1-4H2;4H,1-3H2;3H,2H2,1H3;3H,1-2H2. The van der Waals surface area contributed by atoms with E-state index in [9.17, 15) is 0 Å². The van der Waals surface area contributed by atoms with Crippen LogP contribution in [-0.4, -0.2) is 52.1 Å². The minimum atomic E-state index is 0.583. The predicted octanol–water partition coefficient (Wildman–Crippen LogP) is 0.771. The van der Waals surface area contributed by atoms with Crippen LogP contribution in [0.15, 0.2) is 0 Å². The van der Waals surface area contributed by atoms with Gasteiger partial charge in [-0.1, -0.05) is 0 Å². The van der Waals surface area contributed by atoms with Crippen molar-refractivity contribution in [2.45, 2.75) is 32.3 Å². The molecule has 4 heterocycles. The Kier molecular flexibility index (Phi) is 8.71. The first-order valence-corrected chi connectivity index (χ1v) is 6.50. The van der Waals surface area contributed by atoms with E-state index in [0.717, 1.165) is 19.8 Å². The Balaban J connectivity index is 0.000000108. The molecule has 4 nitrogen and oxygen atoms in total. The first-order chi connectivity index (χ1) is 7.89. The van der Waals surface area contributed by atoms with E-state index in [0.29, 0.717) is 6.10 Å². The minimum absolute atomic E-state index is 0.583. The topological polar surface area (TPSA) is 55.7 Å². The van der Waals surface area contributed by atoms with E-state index >= 15 is 0 Å². The third kappa shape index (κ3) is 13.8. The first-order valence-electron chi connectivity index (χ1n) is 6.50. The number of nitrogens with one attached hydrogen (secondary N) is 2. The van der Waals surface area contributed by atoms with Crippen molar-refractivity contribution in [3.63, 3.8) is 0 Å². The van der Waals surface area contributed by atoms with Crippen molar-refractivity contribution in [2.75, 3.05) is 46.0 Å². The van der Waals surface area contributed by atoms with E-state index in [1.54, 1.807) is 0 Å². The third-order valence-electron chi connectivity index (χ3n) is 2.28. The van der Waals surface area contributed by atoms with Gasteiger partial charge in [0.2, 0.25) is 0 Å². The molecule has 0 aromatic heterocycles. The molecular formula is C12H26N2O2. The van der Waals surface area contributed by atoms with E-state index in [-0.39, 0.29) is 0 Å². The van der Waals surface area contributed by atoms with Gasteiger partial charge in [-0.05, 0) is 39.3 Å². The van der Waals surface area contributed by atoms with E-state index < -0.39 is 0 Å².